The van der Waals surface area contributed by atoms with Gasteiger partial charge in [-0.3, -0.25) is 9.48 Å². The minimum Gasteiger partial charge on any atom is -0.396 e. The maximum Gasteiger partial charge on any atom is 0.416 e. The fraction of sp³-hybridized carbons (Fsp3) is 0.111. The number of nitrogen functional groups attached to an aromatic ring is 1. The van der Waals surface area contributed by atoms with Crippen molar-refractivity contribution < 1.29 is 18.0 Å². The van der Waals surface area contributed by atoms with Crippen LogP contribution < -0.4 is 11.5 Å². The van der Waals surface area contributed by atoms with Gasteiger partial charge < -0.3 is 11.5 Å². The summed E-state index contributed by atoms with van der Waals surface area (Å²) >= 11 is 0. The van der Waals surface area contributed by atoms with E-state index in [1.807, 2.05) is 0 Å². The molecule has 0 aliphatic heterocycles. The Labute approximate surface area is 155 Å². The molecular formula is C18H13F3N6O. The topological polar surface area (TPSA) is 113 Å². The number of hydrogen-bond acceptors (Lipinski definition) is 5. The molecule has 28 heavy (non-hydrogen) atoms. The number of anilines is 1. The Kier molecular flexibility index (Phi) is 3.74. The summed E-state index contributed by atoms with van der Waals surface area (Å²) in [6.07, 6.45) is -3.01. The van der Waals surface area contributed by atoms with Crippen LogP contribution in [0.15, 0.2) is 36.5 Å². The highest BCUT2D eigenvalue weighted by Gasteiger charge is 2.32. The van der Waals surface area contributed by atoms with Crippen LogP contribution in [0.5, 0.6) is 0 Å². The molecule has 0 aliphatic rings. The smallest absolute Gasteiger partial charge is 0.396 e. The van der Waals surface area contributed by atoms with Crippen LogP contribution in [0.4, 0.5) is 18.9 Å². The Hall–Kier alpha value is -3.69. The number of alkyl halides is 3. The molecule has 0 fully saturated rings. The molecule has 0 atom stereocenters. The maximum absolute atomic E-state index is 13.5. The average Bonchev–Trinajstić information content (AvgIpc) is 3.00. The normalized spacial score (nSPS) is 12.0. The van der Waals surface area contributed by atoms with E-state index < -0.39 is 17.6 Å². The van der Waals surface area contributed by atoms with E-state index in [-0.39, 0.29) is 27.8 Å². The van der Waals surface area contributed by atoms with E-state index >= 15 is 0 Å². The van der Waals surface area contributed by atoms with Crippen molar-refractivity contribution in [3.05, 3.63) is 47.8 Å². The van der Waals surface area contributed by atoms with Crippen LogP contribution in [0.3, 0.4) is 0 Å². The molecule has 2 heterocycles. The van der Waals surface area contributed by atoms with Gasteiger partial charge in [-0.1, -0.05) is 6.07 Å². The molecule has 7 nitrogen and oxygen atoms in total. The lowest BCUT2D eigenvalue weighted by Crippen LogP contribution is -2.17. The van der Waals surface area contributed by atoms with Crippen LogP contribution in [-0.4, -0.2) is 25.9 Å². The number of nitrogens with zero attached hydrogens (tertiary/aromatic N) is 4. The third-order valence-electron chi connectivity index (χ3n) is 4.52. The highest BCUT2D eigenvalue weighted by Crippen LogP contribution is 2.39. The standard InChI is InChI=1S/C18H13F3N6O/c1-27-13-3-2-8(4-9(13)7-24-27)11-5-10(18(19,20)21)6-12-14(22)16(17(23)28)26-25-15(11)12/h2-7H,1H3,(H2,22,25)(H2,23,28). The van der Waals surface area contributed by atoms with Crippen molar-refractivity contribution in [1.29, 1.82) is 0 Å². The van der Waals surface area contributed by atoms with E-state index in [1.54, 1.807) is 36.1 Å². The molecule has 4 N–H and O–H groups in total. The summed E-state index contributed by atoms with van der Waals surface area (Å²) in [5, 5.41) is 12.5. The second kappa shape index (κ2) is 5.91. The number of benzene rings is 2. The largest absolute Gasteiger partial charge is 0.416 e. The number of primary amides is 1. The Bertz CT molecular complexity index is 1260. The van der Waals surface area contributed by atoms with Crippen molar-refractivity contribution in [2.45, 2.75) is 6.18 Å². The van der Waals surface area contributed by atoms with Crippen molar-refractivity contribution in [3.8, 4) is 11.1 Å². The maximum atomic E-state index is 13.5. The number of amides is 1. The highest BCUT2D eigenvalue weighted by atomic mass is 19.4. The van der Waals surface area contributed by atoms with Crippen molar-refractivity contribution >= 4 is 33.4 Å². The van der Waals surface area contributed by atoms with Gasteiger partial charge in [0.2, 0.25) is 0 Å². The first-order chi connectivity index (χ1) is 13.2. The second-order valence-electron chi connectivity index (χ2n) is 6.29. The number of aryl methyl sites for hydroxylation is 1. The lowest BCUT2D eigenvalue weighted by atomic mass is 9.97. The van der Waals surface area contributed by atoms with Gasteiger partial charge >= 0.3 is 6.18 Å². The second-order valence-corrected chi connectivity index (χ2v) is 6.29. The van der Waals surface area contributed by atoms with Crippen LogP contribution in [-0.2, 0) is 13.2 Å². The van der Waals surface area contributed by atoms with Crippen LogP contribution in [0.25, 0.3) is 32.9 Å². The number of nitrogens with two attached hydrogens (primary N) is 2. The van der Waals surface area contributed by atoms with E-state index in [0.717, 1.165) is 23.0 Å². The summed E-state index contributed by atoms with van der Waals surface area (Å²) < 4.78 is 42.1. The number of aromatic nitrogens is 4. The Morgan fingerprint density at radius 2 is 1.89 bits per heavy atom. The van der Waals surface area contributed by atoms with Crippen LogP contribution in [0, 0.1) is 0 Å². The molecular weight excluding hydrogens is 373 g/mol. The summed E-state index contributed by atoms with van der Waals surface area (Å²) in [6, 6.07) is 6.95. The molecule has 2 aromatic heterocycles. The monoisotopic (exact) mass is 386 g/mol. The molecule has 142 valence electrons. The molecule has 2 aromatic carbocycles. The first-order valence-electron chi connectivity index (χ1n) is 8.06. The average molecular weight is 386 g/mol. The molecule has 0 saturated heterocycles. The first kappa shape index (κ1) is 17.7. The van der Waals surface area contributed by atoms with E-state index in [0.29, 0.717) is 5.56 Å². The molecule has 0 unspecified atom stereocenters. The number of carbonyl (C=O) groups excluding carboxylic acids is 1. The Balaban J connectivity index is 2.07. The van der Waals surface area contributed by atoms with E-state index in [2.05, 4.69) is 15.3 Å². The molecule has 1 amide bonds. The van der Waals surface area contributed by atoms with E-state index in [9.17, 15) is 18.0 Å². The highest BCUT2D eigenvalue weighted by molar-refractivity contribution is 6.07. The zero-order valence-electron chi connectivity index (χ0n) is 14.4. The third kappa shape index (κ3) is 2.70. The predicted octanol–water partition coefficient (Wildman–Crippen LogP) is 2.88. The Morgan fingerprint density at radius 3 is 2.57 bits per heavy atom. The summed E-state index contributed by atoms with van der Waals surface area (Å²) in [6.45, 7) is 0. The van der Waals surface area contributed by atoms with Gasteiger partial charge in [-0.2, -0.15) is 18.3 Å². The molecule has 10 heteroatoms. The van der Waals surface area contributed by atoms with Crippen molar-refractivity contribution in [3.63, 3.8) is 0 Å². The van der Waals surface area contributed by atoms with Gasteiger partial charge in [0.1, 0.15) is 5.52 Å². The summed E-state index contributed by atoms with van der Waals surface area (Å²) in [5.74, 6) is -0.970. The van der Waals surface area contributed by atoms with Crippen molar-refractivity contribution in [1.82, 2.24) is 20.0 Å². The molecule has 0 bridgehead atoms. The minimum absolute atomic E-state index is 0.0418. The SMILES string of the molecule is Cn1ncc2cc(-c3cc(C(F)(F)F)cc4c(N)c(C(N)=O)nnc34)ccc21. The molecule has 0 saturated carbocycles. The van der Waals surface area contributed by atoms with Gasteiger partial charge in [-0.05, 0) is 29.8 Å². The van der Waals surface area contributed by atoms with Crippen LogP contribution >= 0.6 is 0 Å². The fourth-order valence-corrected chi connectivity index (χ4v) is 3.13. The predicted molar refractivity (Wildman–Crippen MR) is 97.2 cm³/mol. The lowest BCUT2D eigenvalue weighted by molar-refractivity contribution is -0.137. The van der Waals surface area contributed by atoms with Gasteiger partial charge in [0.25, 0.3) is 5.91 Å². The number of carbonyl (C=O) groups is 1. The number of rotatable bonds is 2. The van der Waals surface area contributed by atoms with Gasteiger partial charge in [-0.15, -0.1) is 10.2 Å². The van der Waals surface area contributed by atoms with E-state index in [1.165, 1.54) is 0 Å². The molecule has 4 aromatic rings. The Morgan fingerprint density at radius 1 is 1.14 bits per heavy atom. The molecule has 0 spiro atoms. The number of hydrogen-bond donors (Lipinski definition) is 2. The minimum atomic E-state index is -4.62. The van der Waals surface area contributed by atoms with Crippen molar-refractivity contribution in [2.75, 3.05) is 5.73 Å². The van der Waals surface area contributed by atoms with Crippen molar-refractivity contribution in [2.24, 2.45) is 12.8 Å². The van der Waals surface area contributed by atoms with Crippen LogP contribution in [0.1, 0.15) is 16.1 Å². The zero-order valence-corrected chi connectivity index (χ0v) is 14.4. The fourth-order valence-electron chi connectivity index (χ4n) is 3.13. The molecule has 0 radical (unpaired) electrons. The van der Waals surface area contributed by atoms with Crippen LogP contribution in [0.2, 0.25) is 0 Å². The lowest BCUT2D eigenvalue weighted by Gasteiger charge is -2.14. The van der Waals surface area contributed by atoms with Gasteiger partial charge in [0, 0.05) is 23.4 Å². The number of halogens is 3. The van der Waals surface area contributed by atoms with Gasteiger partial charge in [0.05, 0.1) is 23.0 Å². The zero-order chi connectivity index (χ0) is 20.2. The molecule has 4 rings (SSSR count). The molecule has 0 aliphatic carbocycles. The number of fused-ring (bicyclic) bond motifs is 2. The summed E-state index contributed by atoms with van der Waals surface area (Å²) in [5.41, 5.74) is 11.2. The summed E-state index contributed by atoms with van der Waals surface area (Å²) in [7, 11) is 1.76. The van der Waals surface area contributed by atoms with E-state index in [4.69, 9.17) is 11.5 Å². The summed E-state index contributed by atoms with van der Waals surface area (Å²) in [4.78, 5) is 11.5. The quantitative estimate of drug-likeness (QED) is 0.550. The first-order valence-corrected chi connectivity index (χ1v) is 8.06. The van der Waals surface area contributed by atoms with Gasteiger partial charge in [-0.25, -0.2) is 0 Å². The third-order valence-corrected chi connectivity index (χ3v) is 4.52. The van der Waals surface area contributed by atoms with Gasteiger partial charge in [0.15, 0.2) is 5.69 Å².